The van der Waals surface area contributed by atoms with Gasteiger partial charge in [-0.3, -0.25) is 4.79 Å². The van der Waals surface area contributed by atoms with Gasteiger partial charge >= 0.3 is 12.1 Å². The van der Waals surface area contributed by atoms with E-state index >= 15 is 0 Å². The number of hydrogen-bond acceptors (Lipinski definition) is 5. The molecule has 0 saturated heterocycles. The molecule has 0 bridgehead atoms. The zero-order chi connectivity index (χ0) is 17.6. The van der Waals surface area contributed by atoms with Crippen LogP contribution in [0.15, 0.2) is 24.3 Å². The van der Waals surface area contributed by atoms with Crippen LogP contribution in [0.3, 0.4) is 0 Å². The van der Waals surface area contributed by atoms with E-state index in [1.807, 2.05) is 24.3 Å². The van der Waals surface area contributed by atoms with Crippen LogP contribution in [0.2, 0.25) is 0 Å². The smallest absolute Gasteiger partial charge is 0.444 e. The lowest BCUT2D eigenvalue weighted by atomic mass is 10.1. The van der Waals surface area contributed by atoms with Gasteiger partial charge in [-0.25, -0.2) is 4.79 Å². The van der Waals surface area contributed by atoms with Crippen molar-refractivity contribution in [1.82, 2.24) is 5.06 Å². The molecule has 1 rings (SSSR count). The molecule has 1 aromatic carbocycles. The van der Waals surface area contributed by atoms with Crippen LogP contribution < -0.4 is 4.74 Å². The number of carbonyl (C=O) groups excluding carboxylic acids is 2. The summed E-state index contributed by atoms with van der Waals surface area (Å²) in [6.45, 7) is 8.30. The molecular weight excluding hydrogens is 298 g/mol. The zero-order valence-corrected chi connectivity index (χ0v) is 14.6. The minimum absolute atomic E-state index is 0.373. The van der Waals surface area contributed by atoms with Crippen molar-refractivity contribution in [3.63, 3.8) is 0 Å². The summed E-state index contributed by atoms with van der Waals surface area (Å²) in [5, 5.41) is 0.984. The van der Waals surface area contributed by atoms with Gasteiger partial charge in [0.25, 0.3) is 0 Å². The highest BCUT2D eigenvalue weighted by Gasteiger charge is 2.29. The van der Waals surface area contributed by atoms with Crippen LogP contribution in [-0.2, 0) is 20.8 Å². The quantitative estimate of drug-likeness (QED) is 0.795. The van der Waals surface area contributed by atoms with Gasteiger partial charge in [0.05, 0.1) is 13.2 Å². The number of hydrogen-bond donors (Lipinski definition) is 0. The van der Waals surface area contributed by atoms with Gasteiger partial charge < -0.3 is 14.3 Å². The SMILES string of the molecule is COc1ccc(C[C@H](C)N(OC(C)=O)C(=O)OC(C)(C)C)cc1. The Morgan fingerprint density at radius 2 is 1.74 bits per heavy atom. The summed E-state index contributed by atoms with van der Waals surface area (Å²) in [6.07, 6.45) is -0.176. The molecule has 128 valence electrons. The third-order valence-electron chi connectivity index (χ3n) is 2.89. The van der Waals surface area contributed by atoms with E-state index in [0.29, 0.717) is 6.42 Å². The predicted molar refractivity (Wildman–Crippen MR) is 86.0 cm³/mol. The zero-order valence-electron chi connectivity index (χ0n) is 14.6. The number of amides is 1. The van der Waals surface area contributed by atoms with E-state index in [9.17, 15) is 9.59 Å². The first-order chi connectivity index (χ1) is 10.6. The largest absolute Gasteiger partial charge is 0.497 e. The second-order valence-electron chi connectivity index (χ2n) is 6.29. The van der Waals surface area contributed by atoms with Gasteiger partial charge in [-0.15, -0.1) is 5.06 Å². The van der Waals surface area contributed by atoms with Crippen molar-refractivity contribution in [3.05, 3.63) is 29.8 Å². The molecule has 0 heterocycles. The number of ether oxygens (including phenoxy) is 2. The Morgan fingerprint density at radius 1 is 1.17 bits per heavy atom. The lowest BCUT2D eigenvalue weighted by molar-refractivity contribution is -0.190. The number of benzene rings is 1. The Kier molecular flexibility index (Phi) is 6.42. The van der Waals surface area contributed by atoms with Crippen LogP contribution >= 0.6 is 0 Å². The predicted octanol–water partition coefficient (Wildman–Crippen LogP) is 3.34. The van der Waals surface area contributed by atoms with E-state index in [4.69, 9.17) is 14.3 Å². The Labute approximate surface area is 137 Å². The molecule has 0 fully saturated rings. The van der Waals surface area contributed by atoms with Crippen molar-refractivity contribution in [1.29, 1.82) is 0 Å². The van der Waals surface area contributed by atoms with Crippen LogP contribution in [-0.4, -0.2) is 35.9 Å². The first-order valence-electron chi connectivity index (χ1n) is 7.46. The second-order valence-corrected chi connectivity index (χ2v) is 6.29. The van der Waals surface area contributed by atoms with Crippen LogP contribution in [0.4, 0.5) is 4.79 Å². The molecule has 0 saturated carbocycles. The maximum Gasteiger partial charge on any atom is 0.444 e. The third-order valence-corrected chi connectivity index (χ3v) is 2.89. The molecule has 0 aliphatic rings. The van der Waals surface area contributed by atoms with E-state index in [2.05, 4.69) is 0 Å². The summed E-state index contributed by atoms with van der Waals surface area (Å²) in [5.41, 5.74) is 0.314. The molecule has 6 heteroatoms. The van der Waals surface area contributed by atoms with Gasteiger partial charge in [-0.2, -0.15) is 0 Å². The Balaban J connectivity index is 2.83. The number of rotatable bonds is 4. The molecule has 6 nitrogen and oxygen atoms in total. The van der Waals surface area contributed by atoms with E-state index in [0.717, 1.165) is 16.4 Å². The van der Waals surface area contributed by atoms with Gasteiger partial charge in [0.15, 0.2) is 0 Å². The third kappa shape index (κ3) is 6.59. The topological polar surface area (TPSA) is 65.1 Å². The summed E-state index contributed by atoms with van der Waals surface area (Å²) in [5.74, 6) is 0.183. The summed E-state index contributed by atoms with van der Waals surface area (Å²) in [7, 11) is 1.60. The average molecular weight is 323 g/mol. The van der Waals surface area contributed by atoms with Crippen LogP contribution in [0.25, 0.3) is 0 Å². The maximum absolute atomic E-state index is 12.2. The molecule has 0 radical (unpaired) electrons. The van der Waals surface area contributed by atoms with Crippen molar-refractivity contribution >= 4 is 12.1 Å². The molecule has 23 heavy (non-hydrogen) atoms. The standard InChI is InChI=1S/C17H25NO5/c1-12(11-14-7-9-15(21-6)10-8-14)18(23-13(2)19)16(20)22-17(3,4)5/h7-10,12H,11H2,1-6H3/t12-/m0/s1. The molecule has 0 spiro atoms. The molecule has 1 atom stereocenters. The fourth-order valence-corrected chi connectivity index (χ4v) is 1.94. The van der Waals surface area contributed by atoms with Crippen LogP contribution in [0.1, 0.15) is 40.2 Å². The molecule has 1 aromatic rings. The number of hydroxylamine groups is 2. The molecule has 0 aliphatic carbocycles. The fraction of sp³-hybridized carbons (Fsp3) is 0.529. The Hall–Kier alpha value is -2.24. The summed E-state index contributed by atoms with van der Waals surface area (Å²) >= 11 is 0. The molecular formula is C17H25NO5. The summed E-state index contributed by atoms with van der Waals surface area (Å²) in [6, 6.07) is 7.10. The highest BCUT2D eigenvalue weighted by molar-refractivity contribution is 5.72. The van der Waals surface area contributed by atoms with Gasteiger partial charge in [-0.05, 0) is 51.8 Å². The van der Waals surface area contributed by atoms with E-state index < -0.39 is 17.7 Å². The lowest BCUT2D eigenvalue weighted by Gasteiger charge is -2.29. The molecule has 0 unspecified atom stereocenters. The van der Waals surface area contributed by atoms with Crippen LogP contribution in [0.5, 0.6) is 5.75 Å². The highest BCUT2D eigenvalue weighted by atomic mass is 16.8. The first kappa shape index (κ1) is 18.8. The van der Waals surface area contributed by atoms with Crippen molar-refractivity contribution in [2.45, 2.75) is 52.7 Å². The van der Waals surface area contributed by atoms with Gasteiger partial charge in [-0.1, -0.05) is 12.1 Å². The molecule has 0 aromatic heterocycles. The lowest BCUT2D eigenvalue weighted by Crippen LogP contribution is -2.44. The first-order valence-corrected chi connectivity index (χ1v) is 7.46. The Bertz CT molecular complexity index is 533. The maximum atomic E-state index is 12.2. The number of nitrogens with zero attached hydrogens (tertiary/aromatic N) is 1. The molecule has 0 aliphatic heterocycles. The van der Waals surface area contributed by atoms with Crippen molar-refractivity contribution in [3.8, 4) is 5.75 Å². The van der Waals surface area contributed by atoms with E-state index in [1.165, 1.54) is 6.92 Å². The van der Waals surface area contributed by atoms with Gasteiger partial charge in [0.1, 0.15) is 11.4 Å². The Morgan fingerprint density at radius 3 is 2.17 bits per heavy atom. The van der Waals surface area contributed by atoms with Crippen LogP contribution in [0, 0.1) is 0 Å². The monoisotopic (exact) mass is 323 g/mol. The average Bonchev–Trinajstić information content (AvgIpc) is 2.43. The summed E-state index contributed by atoms with van der Waals surface area (Å²) in [4.78, 5) is 28.5. The number of carbonyl (C=O) groups is 2. The van der Waals surface area contributed by atoms with Crippen molar-refractivity contribution < 1.29 is 23.9 Å². The van der Waals surface area contributed by atoms with E-state index in [1.54, 1.807) is 34.8 Å². The highest BCUT2D eigenvalue weighted by Crippen LogP contribution is 2.17. The summed E-state index contributed by atoms with van der Waals surface area (Å²) < 4.78 is 10.4. The van der Waals surface area contributed by atoms with E-state index in [-0.39, 0.29) is 6.04 Å². The van der Waals surface area contributed by atoms with Gasteiger partial charge in [0.2, 0.25) is 0 Å². The molecule has 0 N–H and O–H groups in total. The fourth-order valence-electron chi connectivity index (χ4n) is 1.94. The van der Waals surface area contributed by atoms with Crippen molar-refractivity contribution in [2.24, 2.45) is 0 Å². The minimum atomic E-state index is -0.686. The van der Waals surface area contributed by atoms with Gasteiger partial charge in [0, 0.05) is 6.92 Å². The second kappa shape index (κ2) is 7.85. The minimum Gasteiger partial charge on any atom is -0.497 e. The van der Waals surface area contributed by atoms with Crippen molar-refractivity contribution in [2.75, 3.05) is 7.11 Å². The normalized spacial score (nSPS) is 12.3. The number of methoxy groups -OCH3 is 1. The molecule has 1 amide bonds.